The zero-order chi connectivity index (χ0) is 51.7. The summed E-state index contributed by atoms with van der Waals surface area (Å²) in [5.41, 5.74) is 14.3. The monoisotopic (exact) mass is 1230 g/mol. The fraction of sp³-hybridized carbons (Fsp3) is 1.00. The standard InChI is InChI=1S/4C18H33P.Pd/c4*1-4-10-16(11-5-1)19(17-12-6-2-7-13-17)18-14-8-3-9-15-18;/h4*16-18H,1-15H2;/q;;;;+2. The summed E-state index contributed by atoms with van der Waals surface area (Å²) in [5, 5.41) is 0. The first-order valence-electron chi connectivity index (χ1n) is 36.9. The van der Waals surface area contributed by atoms with Crippen LogP contribution in [0.15, 0.2) is 0 Å². The fourth-order valence-corrected chi connectivity index (χ4v) is 38.8. The summed E-state index contributed by atoms with van der Waals surface area (Å²) in [6.45, 7) is 0. The van der Waals surface area contributed by atoms with E-state index in [2.05, 4.69) is 0 Å². The third-order valence-corrected chi connectivity index (χ3v) is 40.3. The van der Waals surface area contributed by atoms with Crippen LogP contribution in [0.5, 0.6) is 0 Å². The smallest absolute Gasteiger partial charge is 0.0971 e. The molecule has 0 amide bonds. The van der Waals surface area contributed by atoms with Gasteiger partial charge < -0.3 is 0 Å². The Bertz CT molecular complexity index is 1030. The van der Waals surface area contributed by atoms with Gasteiger partial charge in [-0.15, -0.1) is 0 Å². The molecule has 0 bridgehead atoms. The topological polar surface area (TPSA) is 0 Å². The average molecular weight is 1230 g/mol. The predicted molar refractivity (Wildman–Crippen MR) is 350 cm³/mol. The van der Waals surface area contributed by atoms with Crippen molar-refractivity contribution in [3.63, 3.8) is 0 Å². The fourth-order valence-electron chi connectivity index (χ4n) is 20.1. The molecule has 5 heteroatoms. The Morgan fingerprint density at radius 3 is 0.234 bits per heavy atom. The van der Waals surface area contributed by atoms with Crippen LogP contribution in [0.1, 0.15) is 385 Å². The summed E-state index contributed by atoms with van der Waals surface area (Å²) in [6.07, 6.45) is 94.5. The van der Waals surface area contributed by atoms with E-state index in [0.29, 0.717) is 31.7 Å². The maximum absolute atomic E-state index is 1.61. The van der Waals surface area contributed by atoms with Crippen LogP contribution in [0, 0.1) is 0 Å². The van der Waals surface area contributed by atoms with Crippen LogP contribution >= 0.6 is 31.7 Å². The van der Waals surface area contributed by atoms with Crippen molar-refractivity contribution in [3.8, 4) is 0 Å². The second-order valence-electron chi connectivity index (χ2n) is 29.3. The second kappa shape index (κ2) is 38.5. The molecule has 12 aliphatic carbocycles. The molecule has 77 heavy (non-hydrogen) atoms. The molecule has 0 radical (unpaired) electrons. The zero-order valence-corrected chi connectivity index (χ0v) is 56.6. The average Bonchev–Trinajstić information content (AvgIpc) is 3.51. The van der Waals surface area contributed by atoms with Gasteiger partial charge in [0.05, 0.1) is 0 Å². The van der Waals surface area contributed by atoms with Gasteiger partial charge in [-0.1, -0.05) is 263 Å². The van der Waals surface area contributed by atoms with Gasteiger partial charge in [0.1, 0.15) is 0 Å². The maximum Gasteiger partial charge on any atom is 2.00 e. The molecule has 12 saturated carbocycles. The van der Waals surface area contributed by atoms with E-state index in [-0.39, 0.29) is 20.4 Å². The summed E-state index contributed by atoms with van der Waals surface area (Å²) in [5.74, 6) is 0. The van der Waals surface area contributed by atoms with Crippen LogP contribution in [0.4, 0.5) is 0 Å². The van der Waals surface area contributed by atoms with Crippen LogP contribution in [0.25, 0.3) is 0 Å². The van der Waals surface area contributed by atoms with Crippen LogP contribution in [0.2, 0.25) is 0 Å². The normalized spacial score (nSPS) is 28.5. The quantitative estimate of drug-likeness (QED) is 0.135. The maximum atomic E-state index is 1.61. The first-order chi connectivity index (χ1) is 37.8. The first-order valence-corrected chi connectivity index (χ1v) is 43.1. The van der Waals surface area contributed by atoms with Gasteiger partial charge in [0, 0.05) is 0 Å². The van der Waals surface area contributed by atoms with Crippen LogP contribution in [0.3, 0.4) is 0 Å². The van der Waals surface area contributed by atoms with E-state index < -0.39 is 0 Å². The van der Waals surface area contributed by atoms with Gasteiger partial charge in [0.15, 0.2) is 0 Å². The van der Waals surface area contributed by atoms with Gasteiger partial charge in [-0.25, -0.2) is 0 Å². The van der Waals surface area contributed by atoms with E-state index in [0.717, 1.165) is 0 Å². The predicted octanol–water partition coefficient (Wildman–Crippen LogP) is 25.9. The second-order valence-corrected chi connectivity index (χ2v) is 41.6. The molecule has 0 aliphatic heterocycles. The summed E-state index contributed by atoms with van der Waals surface area (Å²) in [6, 6.07) is 0. The summed E-state index contributed by atoms with van der Waals surface area (Å²) < 4.78 is 0. The molecule has 0 N–H and O–H groups in total. The Hall–Kier alpha value is 2.38. The largest absolute Gasteiger partial charge is 2.00 e. The Labute approximate surface area is 501 Å². The number of hydrogen-bond donors (Lipinski definition) is 0. The number of rotatable bonds is 12. The van der Waals surface area contributed by atoms with Crippen LogP contribution in [-0.2, 0) is 20.4 Å². The summed E-state index contributed by atoms with van der Waals surface area (Å²) in [7, 11) is 1.54. The molecule has 12 fully saturated rings. The van der Waals surface area contributed by atoms with Crippen molar-refractivity contribution in [2.45, 2.75) is 453 Å². The van der Waals surface area contributed by atoms with Crippen molar-refractivity contribution in [1.82, 2.24) is 0 Å². The summed E-state index contributed by atoms with van der Waals surface area (Å²) >= 11 is 0. The molecular weight excluding hydrogens is 1100 g/mol. The Morgan fingerprint density at radius 2 is 0.169 bits per heavy atom. The molecule has 0 nitrogen and oxygen atoms in total. The molecule has 0 atom stereocenters. The Kier molecular flexibility index (Phi) is 32.7. The van der Waals surface area contributed by atoms with Crippen molar-refractivity contribution in [2.75, 3.05) is 0 Å². The first kappa shape index (κ1) is 65.4. The minimum absolute atomic E-state index is 0. The minimum Gasteiger partial charge on any atom is -0.0971 e. The third kappa shape index (κ3) is 21.3. The van der Waals surface area contributed by atoms with Gasteiger partial charge in [0.2, 0.25) is 0 Å². The van der Waals surface area contributed by atoms with Crippen LogP contribution < -0.4 is 0 Å². The van der Waals surface area contributed by atoms with Crippen LogP contribution in [-0.4, -0.2) is 67.9 Å². The molecular formula is C72H132P4Pd+2. The van der Waals surface area contributed by atoms with E-state index in [1.54, 1.807) is 308 Å². The van der Waals surface area contributed by atoms with E-state index in [9.17, 15) is 0 Å². The molecule has 448 valence electrons. The van der Waals surface area contributed by atoms with Gasteiger partial charge in [-0.3, -0.25) is 0 Å². The Balaban J connectivity index is 0.000000135. The van der Waals surface area contributed by atoms with Crippen molar-refractivity contribution in [2.24, 2.45) is 0 Å². The van der Waals surface area contributed by atoms with Gasteiger partial charge in [-0.2, -0.15) is 0 Å². The zero-order valence-electron chi connectivity index (χ0n) is 51.5. The van der Waals surface area contributed by atoms with E-state index >= 15 is 0 Å². The third-order valence-electron chi connectivity index (χ3n) is 24.0. The van der Waals surface area contributed by atoms with Gasteiger partial charge >= 0.3 is 20.4 Å². The molecule has 0 unspecified atom stereocenters. The molecule has 0 aromatic carbocycles. The minimum atomic E-state index is 0. The molecule has 0 saturated heterocycles. The van der Waals surface area contributed by atoms with Crippen molar-refractivity contribution >= 4 is 31.7 Å². The molecule has 0 aromatic rings. The SMILES string of the molecule is C1CCC(P(C2CCCCC2)C2CCCCC2)CC1.C1CCC(P(C2CCCCC2)C2CCCCC2)CC1.C1CCC(P(C2CCCCC2)C2CCCCC2)CC1.C1CCC(P(C2CCCCC2)C2CCCCC2)CC1.[Pd+2]. The Morgan fingerprint density at radius 1 is 0.104 bits per heavy atom. The van der Waals surface area contributed by atoms with Gasteiger partial charge in [-0.05, 0) is 222 Å². The summed E-state index contributed by atoms with van der Waals surface area (Å²) in [4.78, 5) is 0. The molecule has 0 aromatic heterocycles. The van der Waals surface area contributed by atoms with Crippen molar-refractivity contribution in [3.05, 3.63) is 0 Å². The molecule has 12 rings (SSSR count). The molecule has 12 aliphatic rings. The molecule has 0 heterocycles. The van der Waals surface area contributed by atoms with E-state index in [4.69, 9.17) is 0 Å². The van der Waals surface area contributed by atoms with Crippen molar-refractivity contribution < 1.29 is 20.4 Å². The number of hydrogen-bond acceptors (Lipinski definition) is 0. The molecule has 0 spiro atoms. The van der Waals surface area contributed by atoms with E-state index in [1.165, 1.54) is 145 Å². The van der Waals surface area contributed by atoms with Crippen molar-refractivity contribution in [1.29, 1.82) is 0 Å². The van der Waals surface area contributed by atoms with E-state index in [1.807, 2.05) is 0 Å². The van der Waals surface area contributed by atoms with Gasteiger partial charge in [0.25, 0.3) is 0 Å².